The Labute approximate surface area is 162 Å². The van der Waals surface area contributed by atoms with Crippen LogP contribution in [0.2, 0.25) is 0 Å². The Morgan fingerprint density at radius 2 is 1.74 bits per heavy atom. The summed E-state index contributed by atoms with van der Waals surface area (Å²) in [6.07, 6.45) is 0. The van der Waals surface area contributed by atoms with Crippen molar-refractivity contribution in [3.63, 3.8) is 0 Å². The van der Waals surface area contributed by atoms with Gasteiger partial charge in [0.1, 0.15) is 0 Å². The smallest absolute Gasteiger partial charge is 0.251 e. The van der Waals surface area contributed by atoms with Crippen LogP contribution in [-0.2, 0) is 14.9 Å². The Balaban J connectivity index is 1.78. The molecule has 1 fully saturated rings. The number of nitrogens with one attached hydrogen (secondary N) is 1. The van der Waals surface area contributed by atoms with Gasteiger partial charge in [0.15, 0.2) is 0 Å². The molecule has 1 aliphatic rings. The lowest BCUT2D eigenvalue weighted by molar-refractivity contribution is -0.129. The zero-order valence-corrected chi connectivity index (χ0v) is 17.1. The fourth-order valence-electron chi connectivity index (χ4n) is 3.04. The standard InChI is InChI=1S/C21H33N3O3/c1-17(25)24(12-11-23-13-15-27-16-14-23)10-9-22-20(26)18-5-7-19(8-6-18)21(2,3)4/h5-8H,9-16H2,1-4H3,(H,22,26). The number of carbonyl (C=O) groups excluding carboxylic acids is 2. The average Bonchev–Trinajstić information content (AvgIpc) is 2.64. The molecule has 1 N–H and O–H groups in total. The fraction of sp³-hybridized carbons (Fsp3) is 0.619. The number of morpholine rings is 1. The van der Waals surface area contributed by atoms with Gasteiger partial charge >= 0.3 is 0 Å². The number of hydrogen-bond acceptors (Lipinski definition) is 4. The molecule has 6 heteroatoms. The predicted molar refractivity (Wildman–Crippen MR) is 107 cm³/mol. The highest BCUT2D eigenvalue weighted by molar-refractivity contribution is 5.94. The molecule has 1 heterocycles. The molecule has 2 amide bonds. The maximum atomic E-state index is 12.3. The van der Waals surface area contributed by atoms with Gasteiger partial charge in [-0.2, -0.15) is 0 Å². The molecule has 1 aromatic rings. The second kappa shape index (κ2) is 9.85. The molecule has 2 rings (SSSR count). The van der Waals surface area contributed by atoms with Crippen molar-refractivity contribution < 1.29 is 14.3 Å². The van der Waals surface area contributed by atoms with Gasteiger partial charge in [-0.25, -0.2) is 0 Å². The van der Waals surface area contributed by atoms with Gasteiger partial charge in [-0.05, 0) is 23.1 Å². The second-order valence-electron chi connectivity index (χ2n) is 8.04. The molecule has 0 aliphatic carbocycles. The summed E-state index contributed by atoms with van der Waals surface area (Å²) in [5.41, 5.74) is 1.91. The Bertz CT molecular complexity index is 617. The van der Waals surface area contributed by atoms with Crippen LogP contribution in [0.5, 0.6) is 0 Å². The molecule has 0 bridgehead atoms. The summed E-state index contributed by atoms with van der Waals surface area (Å²) in [5.74, 6) is -0.0702. The van der Waals surface area contributed by atoms with Crippen molar-refractivity contribution in [2.45, 2.75) is 33.1 Å². The molecule has 6 nitrogen and oxygen atoms in total. The molecule has 1 aromatic carbocycles. The van der Waals surface area contributed by atoms with E-state index in [1.165, 1.54) is 5.56 Å². The van der Waals surface area contributed by atoms with E-state index < -0.39 is 0 Å². The Morgan fingerprint density at radius 1 is 1.11 bits per heavy atom. The number of benzene rings is 1. The first kappa shape index (κ1) is 21.4. The minimum atomic E-state index is -0.104. The molecule has 1 saturated heterocycles. The number of ether oxygens (including phenoxy) is 1. The van der Waals surface area contributed by atoms with Crippen molar-refractivity contribution in [3.05, 3.63) is 35.4 Å². The maximum absolute atomic E-state index is 12.3. The summed E-state index contributed by atoms with van der Waals surface area (Å²) >= 11 is 0. The van der Waals surface area contributed by atoms with E-state index in [9.17, 15) is 9.59 Å². The number of carbonyl (C=O) groups is 2. The second-order valence-corrected chi connectivity index (χ2v) is 8.04. The summed E-state index contributed by atoms with van der Waals surface area (Å²) in [4.78, 5) is 28.3. The largest absolute Gasteiger partial charge is 0.379 e. The molecule has 0 radical (unpaired) electrons. The summed E-state index contributed by atoms with van der Waals surface area (Å²) in [5, 5.41) is 2.91. The van der Waals surface area contributed by atoms with Crippen LogP contribution in [0.4, 0.5) is 0 Å². The van der Waals surface area contributed by atoms with Crippen LogP contribution in [0, 0.1) is 0 Å². The molecule has 0 aromatic heterocycles. The highest BCUT2D eigenvalue weighted by Gasteiger charge is 2.16. The SMILES string of the molecule is CC(=O)N(CCNC(=O)c1ccc(C(C)(C)C)cc1)CCN1CCOCC1. The normalized spacial score (nSPS) is 15.4. The first-order valence-electron chi connectivity index (χ1n) is 9.72. The van der Waals surface area contributed by atoms with Gasteiger partial charge in [0, 0.05) is 51.8 Å². The van der Waals surface area contributed by atoms with Crippen molar-refractivity contribution in [1.29, 1.82) is 0 Å². The van der Waals surface area contributed by atoms with Crippen molar-refractivity contribution in [1.82, 2.24) is 15.1 Å². The molecule has 27 heavy (non-hydrogen) atoms. The van der Waals surface area contributed by atoms with E-state index in [4.69, 9.17) is 4.74 Å². The van der Waals surface area contributed by atoms with Crippen LogP contribution >= 0.6 is 0 Å². The van der Waals surface area contributed by atoms with Gasteiger partial charge in [0.25, 0.3) is 5.91 Å². The van der Waals surface area contributed by atoms with Gasteiger partial charge in [-0.15, -0.1) is 0 Å². The Kier molecular flexibility index (Phi) is 7.80. The summed E-state index contributed by atoms with van der Waals surface area (Å²) in [7, 11) is 0. The van der Waals surface area contributed by atoms with Crippen molar-refractivity contribution in [2.24, 2.45) is 0 Å². The lowest BCUT2D eigenvalue weighted by Gasteiger charge is -2.29. The van der Waals surface area contributed by atoms with Crippen LogP contribution in [0.25, 0.3) is 0 Å². The van der Waals surface area contributed by atoms with Crippen LogP contribution in [0.3, 0.4) is 0 Å². The van der Waals surface area contributed by atoms with E-state index in [1.54, 1.807) is 11.8 Å². The zero-order valence-electron chi connectivity index (χ0n) is 17.1. The molecule has 0 spiro atoms. The maximum Gasteiger partial charge on any atom is 0.251 e. The van der Waals surface area contributed by atoms with Crippen LogP contribution in [0.1, 0.15) is 43.6 Å². The first-order chi connectivity index (χ1) is 12.8. The van der Waals surface area contributed by atoms with Gasteiger partial charge in [0.2, 0.25) is 5.91 Å². The minimum absolute atomic E-state index is 0.0343. The van der Waals surface area contributed by atoms with Crippen molar-refractivity contribution in [3.8, 4) is 0 Å². The van der Waals surface area contributed by atoms with E-state index in [0.29, 0.717) is 25.2 Å². The summed E-state index contributed by atoms with van der Waals surface area (Å²) in [6, 6.07) is 7.71. The first-order valence-corrected chi connectivity index (χ1v) is 9.72. The summed E-state index contributed by atoms with van der Waals surface area (Å²) < 4.78 is 5.34. The highest BCUT2D eigenvalue weighted by Crippen LogP contribution is 2.22. The van der Waals surface area contributed by atoms with Gasteiger partial charge in [0.05, 0.1) is 13.2 Å². The average molecular weight is 376 g/mol. The van der Waals surface area contributed by atoms with E-state index >= 15 is 0 Å². The number of hydrogen-bond donors (Lipinski definition) is 1. The van der Waals surface area contributed by atoms with Crippen LogP contribution < -0.4 is 5.32 Å². The van der Waals surface area contributed by atoms with Gasteiger partial charge in [-0.3, -0.25) is 14.5 Å². The van der Waals surface area contributed by atoms with Crippen LogP contribution in [0.15, 0.2) is 24.3 Å². The molecule has 150 valence electrons. The van der Waals surface area contributed by atoms with E-state index in [0.717, 1.165) is 32.8 Å². The third kappa shape index (κ3) is 6.96. The molecular formula is C21H33N3O3. The topological polar surface area (TPSA) is 61.9 Å². The quantitative estimate of drug-likeness (QED) is 0.791. The highest BCUT2D eigenvalue weighted by atomic mass is 16.5. The van der Waals surface area contributed by atoms with Crippen molar-refractivity contribution >= 4 is 11.8 Å². The van der Waals surface area contributed by atoms with Gasteiger partial charge in [-0.1, -0.05) is 32.9 Å². The fourth-order valence-corrected chi connectivity index (χ4v) is 3.04. The summed E-state index contributed by atoms with van der Waals surface area (Å²) in [6.45, 7) is 13.8. The van der Waals surface area contributed by atoms with E-state index in [-0.39, 0.29) is 17.2 Å². The molecule has 0 atom stereocenters. The van der Waals surface area contributed by atoms with Crippen molar-refractivity contribution in [2.75, 3.05) is 52.5 Å². The predicted octanol–water partition coefficient (Wildman–Crippen LogP) is 1.89. The molecule has 0 saturated carbocycles. The third-order valence-corrected chi connectivity index (χ3v) is 4.92. The number of amides is 2. The third-order valence-electron chi connectivity index (χ3n) is 4.92. The minimum Gasteiger partial charge on any atom is -0.379 e. The molecule has 0 unspecified atom stereocenters. The number of nitrogens with zero attached hydrogens (tertiary/aromatic N) is 2. The Hall–Kier alpha value is -1.92. The number of rotatable bonds is 7. The van der Waals surface area contributed by atoms with E-state index in [1.807, 2.05) is 24.3 Å². The lowest BCUT2D eigenvalue weighted by Crippen LogP contribution is -2.44. The zero-order chi connectivity index (χ0) is 19.9. The van der Waals surface area contributed by atoms with E-state index in [2.05, 4.69) is 31.0 Å². The monoisotopic (exact) mass is 375 g/mol. The molecular weight excluding hydrogens is 342 g/mol. The molecule has 1 aliphatic heterocycles. The Morgan fingerprint density at radius 3 is 2.30 bits per heavy atom. The lowest BCUT2D eigenvalue weighted by atomic mass is 9.87. The van der Waals surface area contributed by atoms with Gasteiger partial charge < -0.3 is 15.0 Å². The van der Waals surface area contributed by atoms with Crippen LogP contribution in [-0.4, -0.2) is 74.1 Å².